The molecule has 0 spiro atoms. The molecule has 0 atom stereocenters. The quantitative estimate of drug-likeness (QED) is 0.368. The summed E-state index contributed by atoms with van der Waals surface area (Å²) in [5, 5.41) is 21.4. The highest BCUT2D eigenvalue weighted by Crippen LogP contribution is 2.21. The van der Waals surface area contributed by atoms with Crippen LogP contribution in [-0.2, 0) is 0 Å². The van der Waals surface area contributed by atoms with Crippen LogP contribution in [0.25, 0.3) is 11.0 Å². The summed E-state index contributed by atoms with van der Waals surface area (Å²) in [6.45, 7) is 2.65. The second kappa shape index (κ2) is 7.02. The Morgan fingerprint density at radius 1 is 1.62 bits per heavy atom. The zero-order valence-electron chi connectivity index (χ0n) is 11.3. The SMILES string of the molecule is CCCCNC(=O)N/N=C/c1cc(Br)c2c(c1)no[n+]2[O-]. The topological polar surface area (TPSA) is 106 Å². The lowest BCUT2D eigenvalue weighted by Crippen LogP contribution is -2.32. The minimum atomic E-state index is -0.362. The molecule has 0 fully saturated rings. The molecule has 0 saturated carbocycles. The van der Waals surface area contributed by atoms with Crippen molar-refractivity contribution in [3.63, 3.8) is 0 Å². The van der Waals surface area contributed by atoms with Crippen LogP contribution in [0.1, 0.15) is 25.3 Å². The first kappa shape index (κ1) is 15.2. The summed E-state index contributed by atoms with van der Waals surface area (Å²) in [6, 6.07) is 2.94. The molecule has 8 nitrogen and oxygen atoms in total. The molecule has 0 aliphatic carbocycles. The van der Waals surface area contributed by atoms with Crippen LogP contribution in [-0.4, -0.2) is 23.9 Å². The minimum absolute atomic E-state index is 0.303. The van der Waals surface area contributed by atoms with E-state index in [1.54, 1.807) is 12.1 Å². The third-order valence-corrected chi connectivity index (χ3v) is 3.26. The highest BCUT2D eigenvalue weighted by molar-refractivity contribution is 9.10. The number of hydrogen-bond donors (Lipinski definition) is 2. The van der Waals surface area contributed by atoms with Crippen molar-refractivity contribution in [3.05, 3.63) is 27.4 Å². The summed E-state index contributed by atoms with van der Waals surface area (Å²) in [4.78, 5) is 11.7. The molecule has 1 aromatic heterocycles. The third kappa shape index (κ3) is 3.91. The molecule has 0 saturated heterocycles. The molecular weight excluding hydrogens is 342 g/mol. The molecule has 2 amide bonds. The first-order chi connectivity index (χ1) is 10.1. The molecule has 2 aromatic rings. The number of halogens is 1. The van der Waals surface area contributed by atoms with Gasteiger partial charge in [-0.05, 0) is 33.3 Å². The number of amides is 2. The van der Waals surface area contributed by atoms with E-state index >= 15 is 0 Å². The van der Waals surface area contributed by atoms with E-state index in [-0.39, 0.29) is 6.03 Å². The van der Waals surface area contributed by atoms with Crippen LogP contribution in [0.2, 0.25) is 0 Å². The monoisotopic (exact) mass is 355 g/mol. The van der Waals surface area contributed by atoms with Crippen molar-refractivity contribution in [1.29, 1.82) is 0 Å². The molecule has 0 bridgehead atoms. The average Bonchev–Trinajstić information content (AvgIpc) is 2.81. The van der Waals surface area contributed by atoms with Gasteiger partial charge in [-0.3, -0.25) is 4.63 Å². The second-order valence-corrected chi connectivity index (χ2v) is 5.13. The van der Waals surface area contributed by atoms with Gasteiger partial charge in [0.05, 0.1) is 10.7 Å². The summed E-state index contributed by atoms with van der Waals surface area (Å²) in [7, 11) is 0. The molecule has 0 aliphatic heterocycles. The van der Waals surface area contributed by atoms with E-state index in [4.69, 9.17) is 0 Å². The number of carbonyl (C=O) groups excluding carboxylic acids is 1. The van der Waals surface area contributed by atoms with Gasteiger partial charge >= 0.3 is 6.03 Å². The molecule has 2 rings (SSSR count). The Morgan fingerprint density at radius 2 is 2.43 bits per heavy atom. The smallest absolute Gasteiger partial charge is 0.335 e. The normalized spacial score (nSPS) is 11.1. The number of fused-ring (bicyclic) bond motifs is 1. The summed E-state index contributed by atoms with van der Waals surface area (Å²) in [5.41, 5.74) is 3.72. The molecule has 9 heteroatoms. The van der Waals surface area contributed by atoms with Crippen molar-refractivity contribution in [2.24, 2.45) is 5.10 Å². The van der Waals surface area contributed by atoms with Gasteiger partial charge in [-0.25, -0.2) is 10.2 Å². The first-order valence-corrected chi connectivity index (χ1v) is 7.17. The van der Waals surface area contributed by atoms with E-state index in [2.05, 4.69) is 41.6 Å². The predicted molar refractivity (Wildman–Crippen MR) is 79.7 cm³/mol. The Bertz CT molecular complexity index is 670. The van der Waals surface area contributed by atoms with Crippen LogP contribution in [0.4, 0.5) is 4.79 Å². The van der Waals surface area contributed by atoms with Gasteiger partial charge in [0.2, 0.25) is 11.0 Å². The van der Waals surface area contributed by atoms with E-state index in [1.807, 2.05) is 6.92 Å². The maximum atomic E-state index is 11.4. The van der Waals surface area contributed by atoms with Crippen LogP contribution >= 0.6 is 15.9 Å². The van der Waals surface area contributed by atoms with E-state index in [9.17, 15) is 10.0 Å². The van der Waals surface area contributed by atoms with Gasteiger partial charge in [0.1, 0.15) is 0 Å². The predicted octanol–water partition coefficient (Wildman–Crippen LogP) is 1.66. The van der Waals surface area contributed by atoms with Crippen LogP contribution in [0.5, 0.6) is 0 Å². The molecule has 0 radical (unpaired) electrons. The van der Waals surface area contributed by atoms with E-state index in [1.165, 1.54) is 6.21 Å². The number of urea groups is 1. The zero-order chi connectivity index (χ0) is 15.2. The lowest BCUT2D eigenvalue weighted by molar-refractivity contribution is -0.782. The van der Waals surface area contributed by atoms with Crippen molar-refractivity contribution in [3.8, 4) is 0 Å². The second-order valence-electron chi connectivity index (χ2n) is 4.28. The molecule has 0 unspecified atom stereocenters. The summed E-state index contributed by atoms with van der Waals surface area (Å²) in [6.07, 6.45) is 3.38. The summed E-state index contributed by atoms with van der Waals surface area (Å²) in [5.74, 6) is 0. The van der Waals surface area contributed by atoms with Crippen LogP contribution in [0.15, 0.2) is 26.3 Å². The fourth-order valence-electron chi connectivity index (χ4n) is 1.64. The van der Waals surface area contributed by atoms with Crippen molar-refractivity contribution in [1.82, 2.24) is 15.9 Å². The van der Waals surface area contributed by atoms with Gasteiger partial charge in [0.25, 0.3) is 0 Å². The van der Waals surface area contributed by atoms with Crippen molar-refractivity contribution >= 4 is 39.2 Å². The largest absolute Gasteiger partial charge is 0.359 e. The molecule has 2 N–H and O–H groups in total. The van der Waals surface area contributed by atoms with E-state index in [0.29, 0.717) is 32.5 Å². The molecule has 0 aliphatic rings. The molecular formula is C12H14BrN5O3. The van der Waals surface area contributed by atoms with Gasteiger partial charge < -0.3 is 10.5 Å². The fourth-order valence-corrected chi connectivity index (χ4v) is 2.25. The maximum Gasteiger partial charge on any atom is 0.335 e. The maximum absolute atomic E-state index is 11.4. The standard InChI is InChI=1S/C12H14BrN5O3/c1-2-3-4-14-12(19)16-15-7-8-5-9(13)11-10(6-8)17-21-18(11)20/h5-7H,2-4H2,1H3,(H2,14,16,19)/b15-7+. The fraction of sp³-hybridized carbons (Fsp3) is 0.333. The minimum Gasteiger partial charge on any atom is -0.359 e. The number of hydrazone groups is 1. The van der Waals surface area contributed by atoms with Crippen molar-refractivity contribution in [2.45, 2.75) is 19.8 Å². The molecule has 1 aromatic carbocycles. The number of nitrogens with one attached hydrogen (secondary N) is 2. The number of unbranched alkanes of at least 4 members (excludes halogenated alkanes) is 1. The van der Waals surface area contributed by atoms with Gasteiger partial charge in [-0.2, -0.15) is 5.10 Å². The number of aromatic nitrogens is 2. The first-order valence-electron chi connectivity index (χ1n) is 6.37. The Balaban J connectivity index is 1.99. The Morgan fingerprint density at radius 3 is 3.19 bits per heavy atom. The van der Waals surface area contributed by atoms with E-state index < -0.39 is 0 Å². The van der Waals surface area contributed by atoms with Crippen LogP contribution in [0, 0.1) is 5.21 Å². The Kier molecular flexibility index (Phi) is 5.09. The van der Waals surface area contributed by atoms with E-state index in [0.717, 1.165) is 12.8 Å². The molecule has 21 heavy (non-hydrogen) atoms. The number of carbonyl (C=O) groups is 1. The molecule has 1 heterocycles. The Hall–Kier alpha value is -2.16. The van der Waals surface area contributed by atoms with Gasteiger partial charge in [-0.1, -0.05) is 13.3 Å². The Labute approximate surface area is 128 Å². The van der Waals surface area contributed by atoms with Gasteiger partial charge in [0.15, 0.2) is 0 Å². The third-order valence-electron chi connectivity index (χ3n) is 2.66. The van der Waals surface area contributed by atoms with Crippen LogP contribution < -0.4 is 15.6 Å². The average molecular weight is 356 g/mol. The molecule has 112 valence electrons. The van der Waals surface area contributed by atoms with Crippen molar-refractivity contribution in [2.75, 3.05) is 6.54 Å². The number of hydrogen-bond acceptors (Lipinski definition) is 5. The van der Waals surface area contributed by atoms with Crippen LogP contribution in [0.3, 0.4) is 0 Å². The van der Waals surface area contributed by atoms with Crippen molar-refractivity contribution < 1.29 is 14.3 Å². The lowest BCUT2D eigenvalue weighted by Gasteiger charge is -2.02. The van der Waals surface area contributed by atoms with Gasteiger partial charge in [-0.15, -0.1) is 0 Å². The highest BCUT2D eigenvalue weighted by Gasteiger charge is 2.14. The lowest BCUT2D eigenvalue weighted by atomic mass is 10.2. The number of benzene rings is 1. The number of rotatable bonds is 5. The van der Waals surface area contributed by atoms with Gasteiger partial charge in [0, 0.05) is 23.3 Å². The zero-order valence-corrected chi connectivity index (χ0v) is 12.9. The number of nitrogens with zero attached hydrogens (tertiary/aromatic N) is 3. The summed E-state index contributed by atoms with van der Waals surface area (Å²) < 4.78 is 5.04. The highest BCUT2D eigenvalue weighted by atomic mass is 79.9. The summed E-state index contributed by atoms with van der Waals surface area (Å²) >= 11 is 3.26.